The van der Waals surface area contributed by atoms with Gasteiger partial charge in [-0.05, 0) is 48.9 Å². The number of benzene rings is 2. The molecule has 0 amide bonds. The Bertz CT molecular complexity index is 679. The van der Waals surface area contributed by atoms with Gasteiger partial charge < -0.3 is 10.4 Å². The minimum absolute atomic E-state index is 0.351. The molecule has 3 heteroatoms. The average molecular weight is 309 g/mol. The molecule has 0 heterocycles. The van der Waals surface area contributed by atoms with Gasteiger partial charge in [0.15, 0.2) is 0 Å². The van der Waals surface area contributed by atoms with Crippen LogP contribution in [0.2, 0.25) is 0 Å². The summed E-state index contributed by atoms with van der Waals surface area (Å²) in [5.41, 5.74) is 5.48. The molecule has 120 valence electrons. The van der Waals surface area contributed by atoms with Crippen LogP contribution in [0.5, 0.6) is 0 Å². The summed E-state index contributed by atoms with van der Waals surface area (Å²) in [6, 6.07) is 14.3. The van der Waals surface area contributed by atoms with Gasteiger partial charge in [0.05, 0.1) is 6.10 Å². The number of carbonyl (C=O) groups is 1. The number of carbonyl (C=O) groups excluding carboxylic acids is 1. The van der Waals surface area contributed by atoms with Gasteiger partial charge in [0.2, 0.25) is 0 Å². The summed E-state index contributed by atoms with van der Waals surface area (Å²) < 4.78 is 0. The van der Waals surface area contributed by atoms with Gasteiger partial charge >= 0.3 is 0 Å². The maximum Gasteiger partial charge on any atom is 0.150 e. The molecule has 0 fully saturated rings. The highest BCUT2D eigenvalue weighted by molar-refractivity contribution is 5.75. The normalized spacial score (nSPS) is 18.3. The molecule has 2 atom stereocenters. The first kappa shape index (κ1) is 15.9. The van der Waals surface area contributed by atoms with Crippen molar-refractivity contribution in [1.82, 2.24) is 5.32 Å². The second kappa shape index (κ2) is 7.07. The van der Waals surface area contributed by atoms with E-state index in [4.69, 9.17) is 0 Å². The van der Waals surface area contributed by atoms with E-state index in [1.54, 1.807) is 0 Å². The summed E-state index contributed by atoms with van der Waals surface area (Å²) in [5, 5.41) is 13.8. The first-order chi connectivity index (χ1) is 11.2. The van der Waals surface area contributed by atoms with Crippen molar-refractivity contribution in [2.45, 2.75) is 38.3 Å². The number of hydrogen-bond donors (Lipinski definition) is 2. The van der Waals surface area contributed by atoms with Crippen molar-refractivity contribution >= 4 is 6.29 Å². The number of hydrogen-bond acceptors (Lipinski definition) is 3. The number of fused-ring (bicyclic) bond motifs is 1. The molecule has 2 aromatic rings. The molecule has 0 spiro atoms. The van der Waals surface area contributed by atoms with Crippen LogP contribution in [0.1, 0.15) is 45.1 Å². The summed E-state index contributed by atoms with van der Waals surface area (Å²) in [6.45, 7) is 2.60. The zero-order valence-electron chi connectivity index (χ0n) is 13.5. The molecular formula is C20H23NO2. The van der Waals surface area contributed by atoms with Gasteiger partial charge in [-0.15, -0.1) is 0 Å². The van der Waals surface area contributed by atoms with Crippen LogP contribution in [0, 0.1) is 6.92 Å². The highest BCUT2D eigenvalue weighted by Crippen LogP contribution is 2.23. The van der Waals surface area contributed by atoms with Crippen LogP contribution >= 0.6 is 0 Å². The molecule has 2 N–H and O–H groups in total. The third-order valence-corrected chi connectivity index (χ3v) is 4.66. The van der Waals surface area contributed by atoms with Crippen LogP contribution in [0.3, 0.4) is 0 Å². The molecule has 0 saturated heterocycles. The van der Waals surface area contributed by atoms with Crippen molar-refractivity contribution < 1.29 is 9.90 Å². The molecular weight excluding hydrogens is 286 g/mol. The van der Waals surface area contributed by atoms with Crippen molar-refractivity contribution in [3.8, 4) is 0 Å². The molecule has 0 saturated carbocycles. The average Bonchev–Trinajstić information content (AvgIpc) is 2.59. The van der Waals surface area contributed by atoms with Gasteiger partial charge in [0.1, 0.15) is 6.29 Å². The molecule has 0 aromatic heterocycles. The largest absolute Gasteiger partial charge is 0.387 e. The molecule has 23 heavy (non-hydrogen) atoms. The van der Waals surface area contributed by atoms with Crippen molar-refractivity contribution in [2.75, 3.05) is 6.54 Å². The molecule has 3 rings (SSSR count). The predicted molar refractivity (Wildman–Crippen MR) is 91.8 cm³/mol. The fourth-order valence-electron chi connectivity index (χ4n) is 3.21. The van der Waals surface area contributed by atoms with Crippen molar-refractivity contribution in [1.29, 1.82) is 0 Å². The van der Waals surface area contributed by atoms with Crippen molar-refractivity contribution in [3.63, 3.8) is 0 Å². The number of aliphatic hydroxyl groups excluding tert-OH is 1. The van der Waals surface area contributed by atoms with Crippen molar-refractivity contribution in [2.24, 2.45) is 0 Å². The van der Waals surface area contributed by atoms with E-state index in [1.807, 2.05) is 43.3 Å². The monoisotopic (exact) mass is 309 g/mol. The standard InChI is InChI=1S/C20H23NO2/c1-14-2-5-17(6-3-14)20(23)12-21-19-9-8-16-7-4-15(13-22)10-18(16)11-19/h2-7,10,13,19-21,23H,8-9,11-12H2,1H3/t19-,20-/m0/s1. The first-order valence-electron chi connectivity index (χ1n) is 8.20. The van der Waals surface area contributed by atoms with Gasteiger partial charge in [-0.3, -0.25) is 4.79 Å². The third-order valence-electron chi connectivity index (χ3n) is 4.66. The molecule has 1 aliphatic carbocycles. The van der Waals surface area contributed by atoms with Crippen LogP contribution in [0.15, 0.2) is 42.5 Å². The summed E-state index contributed by atoms with van der Waals surface area (Å²) in [6.07, 6.45) is 3.41. The second-order valence-corrected chi connectivity index (χ2v) is 6.42. The predicted octanol–water partition coefficient (Wildman–Crippen LogP) is 2.99. The third kappa shape index (κ3) is 3.87. The molecule has 0 radical (unpaired) electrons. The number of aldehydes is 1. The Hall–Kier alpha value is -1.97. The van der Waals surface area contributed by atoms with Gasteiger partial charge in [0, 0.05) is 18.2 Å². The lowest BCUT2D eigenvalue weighted by Gasteiger charge is -2.27. The maximum absolute atomic E-state index is 10.9. The lowest BCUT2D eigenvalue weighted by Crippen LogP contribution is -2.37. The number of rotatable bonds is 5. The molecule has 0 bridgehead atoms. The molecule has 0 unspecified atom stereocenters. The summed E-state index contributed by atoms with van der Waals surface area (Å²) >= 11 is 0. The quantitative estimate of drug-likeness (QED) is 0.835. The van der Waals surface area contributed by atoms with Gasteiger partial charge in [-0.2, -0.15) is 0 Å². The van der Waals surface area contributed by atoms with Crippen LogP contribution in [-0.4, -0.2) is 24.0 Å². The van der Waals surface area contributed by atoms with E-state index in [2.05, 4.69) is 11.4 Å². The highest BCUT2D eigenvalue weighted by Gasteiger charge is 2.19. The lowest BCUT2D eigenvalue weighted by atomic mass is 9.87. The topological polar surface area (TPSA) is 49.3 Å². The van der Waals surface area contributed by atoms with E-state index in [1.165, 1.54) is 16.7 Å². The van der Waals surface area contributed by atoms with E-state index < -0.39 is 6.10 Å². The molecule has 1 aliphatic rings. The van der Waals surface area contributed by atoms with E-state index >= 15 is 0 Å². The van der Waals surface area contributed by atoms with Gasteiger partial charge in [0.25, 0.3) is 0 Å². The Morgan fingerprint density at radius 2 is 2.00 bits per heavy atom. The SMILES string of the molecule is Cc1ccc([C@@H](O)CN[C@H]2CCc3ccc(C=O)cc3C2)cc1. The first-order valence-corrected chi connectivity index (χ1v) is 8.20. The van der Waals surface area contributed by atoms with Crippen LogP contribution in [0.4, 0.5) is 0 Å². The van der Waals surface area contributed by atoms with Crippen LogP contribution in [0.25, 0.3) is 0 Å². The number of nitrogens with one attached hydrogen (secondary N) is 1. The smallest absolute Gasteiger partial charge is 0.150 e. The maximum atomic E-state index is 10.9. The molecule has 3 nitrogen and oxygen atoms in total. The fourth-order valence-corrected chi connectivity index (χ4v) is 3.21. The fraction of sp³-hybridized carbons (Fsp3) is 0.350. The Morgan fingerprint density at radius 1 is 1.22 bits per heavy atom. The Labute approximate surface area is 137 Å². The molecule has 2 aromatic carbocycles. The zero-order chi connectivity index (χ0) is 16.2. The van der Waals surface area contributed by atoms with E-state index in [0.717, 1.165) is 36.7 Å². The minimum atomic E-state index is -0.488. The molecule has 0 aliphatic heterocycles. The van der Waals surface area contributed by atoms with Crippen molar-refractivity contribution in [3.05, 3.63) is 70.3 Å². The minimum Gasteiger partial charge on any atom is -0.387 e. The Balaban J connectivity index is 1.59. The highest BCUT2D eigenvalue weighted by atomic mass is 16.3. The Kier molecular flexibility index (Phi) is 4.89. The second-order valence-electron chi connectivity index (χ2n) is 6.42. The van der Waals surface area contributed by atoms with E-state index in [0.29, 0.717) is 12.6 Å². The lowest BCUT2D eigenvalue weighted by molar-refractivity contribution is 0.112. The zero-order valence-corrected chi connectivity index (χ0v) is 13.5. The number of aliphatic hydroxyl groups is 1. The Morgan fingerprint density at radius 3 is 2.74 bits per heavy atom. The van der Waals surface area contributed by atoms with Crippen LogP contribution < -0.4 is 5.32 Å². The van der Waals surface area contributed by atoms with Gasteiger partial charge in [-0.1, -0.05) is 42.0 Å². The summed E-state index contributed by atoms with van der Waals surface area (Å²) in [4.78, 5) is 10.9. The summed E-state index contributed by atoms with van der Waals surface area (Å²) in [5.74, 6) is 0. The number of aryl methyl sites for hydroxylation is 2. The van der Waals surface area contributed by atoms with E-state index in [-0.39, 0.29) is 0 Å². The summed E-state index contributed by atoms with van der Waals surface area (Å²) in [7, 11) is 0. The van der Waals surface area contributed by atoms with Crippen LogP contribution in [-0.2, 0) is 12.8 Å². The van der Waals surface area contributed by atoms with E-state index in [9.17, 15) is 9.90 Å². The van der Waals surface area contributed by atoms with Gasteiger partial charge in [-0.25, -0.2) is 0 Å².